The van der Waals surface area contributed by atoms with Crippen molar-refractivity contribution in [3.8, 4) is 0 Å². The first-order chi connectivity index (χ1) is 8.40. The highest BCUT2D eigenvalue weighted by molar-refractivity contribution is 5.93. The largest absolute Gasteiger partial charge is 0.379 e. The lowest BCUT2D eigenvalue weighted by molar-refractivity contribution is 0.0915. The summed E-state index contributed by atoms with van der Waals surface area (Å²) in [7, 11) is 0. The molecule has 0 aliphatic carbocycles. The second kappa shape index (κ2) is 4.72. The van der Waals surface area contributed by atoms with Gasteiger partial charge in [0.2, 0.25) is 0 Å². The van der Waals surface area contributed by atoms with E-state index in [-0.39, 0.29) is 23.4 Å². The molecule has 0 aromatic carbocycles. The number of amides is 1. The SMILES string of the molecule is CC(C)n1cc(C(=O)N[C@H]2COCC2(C)C)cn1. The van der Waals surface area contributed by atoms with Gasteiger partial charge in [-0.2, -0.15) is 5.10 Å². The van der Waals surface area contributed by atoms with Crippen LogP contribution in [-0.2, 0) is 4.74 Å². The fourth-order valence-corrected chi connectivity index (χ4v) is 1.98. The number of hydrogen-bond donors (Lipinski definition) is 1. The highest BCUT2D eigenvalue weighted by Crippen LogP contribution is 2.27. The van der Waals surface area contributed by atoms with E-state index >= 15 is 0 Å². The van der Waals surface area contributed by atoms with E-state index in [1.165, 1.54) is 0 Å². The Balaban J connectivity index is 2.03. The third kappa shape index (κ3) is 2.56. The summed E-state index contributed by atoms with van der Waals surface area (Å²) in [5.74, 6) is -0.0783. The summed E-state index contributed by atoms with van der Waals surface area (Å²) < 4.78 is 7.20. The van der Waals surface area contributed by atoms with Crippen molar-refractivity contribution in [3.05, 3.63) is 18.0 Å². The quantitative estimate of drug-likeness (QED) is 0.888. The monoisotopic (exact) mass is 251 g/mol. The molecule has 0 unspecified atom stereocenters. The zero-order chi connectivity index (χ0) is 13.3. The summed E-state index contributed by atoms with van der Waals surface area (Å²) in [4.78, 5) is 12.1. The Morgan fingerprint density at radius 3 is 2.83 bits per heavy atom. The molecule has 1 saturated heterocycles. The van der Waals surface area contributed by atoms with Crippen molar-refractivity contribution < 1.29 is 9.53 Å². The molecule has 0 radical (unpaired) electrons. The van der Waals surface area contributed by atoms with Crippen LogP contribution in [0.4, 0.5) is 0 Å². The first-order valence-electron chi connectivity index (χ1n) is 6.33. The van der Waals surface area contributed by atoms with E-state index in [0.29, 0.717) is 18.8 Å². The average Bonchev–Trinajstić information content (AvgIpc) is 2.86. The van der Waals surface area contributed by atoms with Crippen LogP contribution in [0.3, 0.4) is 0 Å². The summed E-state index contributed by atoms with van der Waals surface area (Å²) in [5.41, 5.74) is 0.593. The Hall–Kier alpha value is -1.36. The lowest BCUT2D eigenvalue weighted by Gasteiger charge is -2.25. The Morgan fingerprint density at radius 2 is 2.33 bits per heavy atom. The Kier molecular flexibility index (Phi) is 3.43. The van der Waals surface area contributed by atoms with E-state index in [1.807, 2.05) is 13.8 Å². The standard InChI is InChI=1S/C13H21N3O2/c1-9(2)16-6-10(5-14-16)12(17)15-11-7-18-8-13(11,3)4/h5-6,9,11H,7-8H2,1-4H3,(H,15,17)/t11-/m0/s1. The van der Waals surface area contributed by atoms with Crippen molar-refractivity contribution >= 4 is 5.91 Å². The lowest BCUT2D eigenvalue weighted by Crippen LogP contribution is -2.44. The van der Waals surface area contributed by atoms with Crippen LogP contribution in [0.5, 0.6) is 0 Å². The second-order valence-electron chi connectivity index (χ2n) is 5.83. The van der Waals surface area contributed by atoms with Gasteiger partial charge < -0.3 is 10.1 Å². The molecule has 1 aliphatic rings. The molecule has 1 N–H and O–H groups in total. The molecule has 100 valence electrons. The van der Waals surface area contributed by atoms with E-state index in [2.05, 4.69) is 24.3 Å². The number of carbonyl (C=O) groups excluding carboxylic acids is 1. The minimum atomic E-state index is -0.0783. The number of nitrogens with one attached hydrogen (secondary N) is 1. The van der Waals surface area contributed by atoms with Crippen molar-refractivity contribution in [1.29, 1.82) is 0 Å². The van der Waals surface area contributed by atoms with Gasteiger partial charge in [-0.25, -0.2) is 0 Å². The molecule has 1 aromatic heterocycles. The molecule has 5 heteroatoms. The topological polar surface area (TPSA) is 56.2 Å². The first-order valence-corrected chi connectivity index (χ1v) is 6.33. The van der Waals surface area contributed by atoms with Gasteiger partial charge in [-0.05, 0) is 13.8 Å². The second-order valence-corrected chi connectivity index (χ2v) is 5.83. The number of hydrogen-bond acceptors (Lipinski definition) is 3. The van der Waals surface area contributed by atoms with Gasteiger partial charge in [-0.15, -0.1) is 0 Å². The van der Waals surface area contributed by atoms with Gasteiger partial charge in [0.15, 0.2) is 0 Å². The molecular formula is C13H21N3O2. The van der Waals surface area contributed by atoms with E-state index in [1.54, 1.807) is 17.1 Å². The Bertz CT molecular complexity index is 437. The zero-order valence-corrected chi connectivity index (χ0v) is 11.4. The Morgan fingerprint density at radius 1 is 1.61 bits per heavy atom. The maximum atomic E-state index is 12.1. The highest BCUT2D eigenvalue weighted by atomic mass is 16.5. The fraction of sp³-hybridized carbons (Fsp3) is 0.692. The highest BCUT2D eigenvalue weighted by Gasteiger charge is 2.36. The van der Waals surface area contributed by atoms with Crippen LogP contribution in [0.25, 0.3) is 0 Å². The summed E-state index contributed by atoms with van der Waals surface area (Å²) >= 11 is 0. The maximum absolute atomic E-state index is 12.1. The van der Waals surface area contributed by atoms with Crippen LogP contribution >= 0.6 is 0 Å². The molecule has 1 aromatic rings. The molecular weight excluding hydrogens is 230 g/mol. The molecule has 0 spiro atoms. The molecule has 1 amide bonds. The van der Waals surface area contributed by atoms with E-state index in [0.717, 1.165) is 0 Å². The van der Waals surface area contributed by atoms with Gasteiger partial charge >= 0.3 is 0 Å². The van der Waals surface area contributed by atoms with Gasteiger partial charge in [0.05, 0.1) is 31.0 Å². The minimum absolute atomic E-state index is 0.0102. The van der Waals surface area contributed by atoms with Crippen molar-refractivity contribution in [2.75, 3.05) is 13.2 Å². The van der Waals surface area contributed by atoms with Gasteiger partial charge in [-0.3, -0.25) is 9.48 Å². The normalized spacial score (nSPS) is 22.4. The third-order valence-electron chi connectivity index (χ3n) is 3.40. The fourth-order valence-electron chi connectivity index (χ4n) is 1.98. The number of carbonyl (C=O) groups is 1. The van der Waals surface area contributed by atoms with Crippen molar-refractivity contribution in [2.45, 2.75) is 39.8 Å². The third-order valence-corrected chi connectivity index (χ3v) is 3.40. The van der Waals surface area contributed by atoms with Gasteiger partial charge in [-0.1, -0.05) is 13.8 Å². The van der Waals surface area contributed by atoms with E-state index in [4.69, 9.17) is 4.74 Å². The maximum Gasteiger partial charge on any atom is 0.254 e. The van der Waals surface area contributed by atoms with Gasteiger partial charge in [0.1, 0.15) is 0 Å². The zero-order valence-electron chi connectivity index (χ0n) is 11.4. The van der Waals surface area contributed by atoms with Crippen LogP contribution in [0.15, 0.2) is 12.4 Å². The molecule has 1 aliphatic heterocycles. The van der Waals surface area contributed by atoms with Crippen molar-refractivity contribution in [2.24, 2.45) is 5.41 Å². The summed E-state index contributed by atoms with van der Waals surface area (Å²) in [6.07, 6.45) is 3.39. The van der Waals surface area contributed by atoms with Crippen LogP contribution in [0, 0.1) is 5.41 Å². The van der Waals surface area contributed by atoms with Crippen LogP contribution in [-0.4, -0.2) is 34.9 Å². The van der Waals surface area contributed by atoms with Crippen LogP contribution in [0.2, 0.25) is 0 Å². The van der Waals surface area contributed by atoms with E-state index < -0.39 is 0 Å². The molecule has 5 nitrogen and oxygen atoms in total. The summed E-state index contributed by atoms with van der Waals surface area (Å²) in [5, 5.41) is 7.19. The number of aromatic nitrogens is 2. The summed E-state index contributed by atoms with van der Waals surface area (Å²) in [6.45, 7) is 9.52. The molecule has 1 fully saturated rings. The summed E-state index contributed by atoms with van der Waals surface area (Å²) in [6, 6.07) is 0.324. The van der Waals surface area contributed by atoms with Crippen LogP contribution < -0.4 is 5.32 Å². The first kappa shape index (κ1) is 13.1. The molecule has 2 rings (SSSR count). The number of rotatable bonds is 3. The number of nitrogens with zero attached hydrogens (tertiary/aromatic N) is 2. The smallest absolute Gasteiger partial charge is 0.254 e. The lowest BCUT2D eigenvalue weighted by atomic mass is 9.88. The molecule has 0 bridgehead atoms. The predicted octanol–water partition coefficient (Wildman–Crippen LogP) is 1.62. The minimum Gasteiger partial charge on any atom is -0.379 e. The predicted molar refractivity (Wildman–Crippen MR) is 68.5 cm³/mol. The molecule has 0 saturated carbocycles. The van der Waals surface area contributed by atoms with Gasteiger partial charge in [0, 0.05) is 17.7 Å². The molecule has 1 atom stereocenters. The van der Waals surface area contributed by atoms with Crippen molar-refractivity contribution in [1.82, 2.24) is 15.1 Å². The van der Waals surface area contributed by atoms with Crippen molar-refractivity contribution in [3.63, 3.8) is 0 Å². The molecule has 2 heterocycles. The van der Waals surface area contributed by atoms with E-state index in [9.17, 15) is 4.79 Å². The Labute approximate surface area is 108 Å². The average molecular weight is 251 g/mol. The van der Waals surface area contributed by atoms with Crippen LogP contribution in [0.1, 0.15) is 44.1 Å². The van der Waals surface area contributed by atoms with Gasteiger partial charge in [0.25, 0.3) is 5.91 Å². The number of ether oxygens (including phenoxy) is 1. The molecule has 18 heavy (non-hydrogen) atoms.